The lowest BCUT2D eigenvalue weighted by molar-refractivity contribution is -0.127. The first kappa shape index (κ1) is 22.6. The minimum absolute atomic E-state index is 0. The third-order valence-corrected chi connectivity index (χ3v) is 6.51. The Hall–Kier alpha value is -2.62. The molecule has 1 aliphatic rings. The van der Waals surface area contributed by atoms with E-state index in [9.17, 15) is 4.79 Å². The minimum Gasteiger partial charge on any atom is -0.485 e. The Labute approximate surface area is 203 Å². The summed E-state index contributed by atoms with van der Waals surface area (Å²) < 4.78 is 15.7. The van der Waals surface area contributed by atoms with Gasteiger partial charge in [-0.05, 0) is 36.8 Å². The number of rotatable bonds is 6. The first-order chi connectivity index (χ1) is 15.2. The van der Waals surface area contributed by atoms with E-state index < -0.39 is 6.10 Å². The molecule has 0 aliphatic carbocycles. The van der Waals surface area contributed by atoms with Crippen LogP contribution in [-0.2, 0) is 11.3 Å². The molecule has 0 fully saturated rings. The molecule has 2 aromatic carbocycles. The molecule has 0 bridgehead atoms. The molecule has 0 N–H and O–H groups in total. The molecule has 1 atom stereocenters. The number of amides is 1. The largest absolute Gasteiger partial charge is 0.485 e. The van der Waals surface area contributed by atoms with Crippen LogP contribution in [0, 0.1) is 0 Å². The van der Waals surface area contributed by atoms with Crippen LogP contribution in [0.15, 0.2) is 65.7 Å². The van der Waals surface area contributed by atoms with Crippen LogP contribution in [0.5, 0.6) is 11.5 Å². The smallest absolute Gasteiger partial charge is 0.273 e. The van der Waals surface area contributed by atoms with Gasteiger partial charge in [-0.2, -0.15) is 0 Å². The number of fused-ring (bicyclic) bond motifs is 2. The monoisotopic (exact) mass is 534 g/mol. The molecule has 32 heavy (non-hydrogen) atoms. The first-order valence-electron chi connectivity index (χ1n) is 9.89. The van der Waals surface area contributed by atoms with Gasteiger partial charge >= 0.3 is 0 Å². The van der Waals surface area contributed by atoms with Gasteiger partial charge in [0.25, 0.3) is 5.91 Å². The lowest BCUT2D eigenvalue weighted by Crippen LogP contribution is -2.47. The van der Waals surface area contributed by atoms with E-state index in [4.69, 9.17) is 14.5 Å². The Morgan fingerprint density at radius 3 is 2.91 bits per heavy atom. The highest BCUT2D eigenvalue weighted by Gasteiger charge is 2.33. The lowest BCUT2D eigenvalue weighted by atomic mass is 10.2. The van der Waals surface area contributed by atoms with Gasteiger partial charge in [0.05, 0.1) is 16.5 Å². The Morgan fingerprint density at radius 1 is 1.25 bits per heavy atom. The molecule has 4 aromatic rings. The summed E-state index contributed by atoms with van der Waals surface area (Å²) in [6, 6.07) is 13.3. The number of aromatic nitrogens is 3. The van der Waals surface area contributed by atoms with Gasteiger partial charge in [-0.25, -0.2) is 9.97 Å². The summed E-state index contributed by atoms with van der Waals surface area (Å²) >= 11 is 5.00. The SMILES string of the molecule is Cl.O=C(C1COc2ccccc2O1)N(CCCn1ccnc1)c1nc2ccc(Br)cc2s1. The predicted molar refractivity (Wildman–Crippen MR) is 130 cm³/mol. The molecular weight excluding hydrogens is 516 g/mol. The summed E-state index contributed by atoms with van der Waals surface area (Å²) in [5.41, 5.74) is 0.863. The van der Waals surface area contributed by atoms with E-state index >= 15 is 0 Å². The average molecular weight is 536 g/mol. The number of imidazole rings is 1. The van der Waals surface area contributed by atoms with Crippen LogP contribution in [0.2, 0.25) is 0 Å². The van der Waals surface area contributed by atoms with Crippen molar-refractivity contribution < 1.29 is 14.3 Å². The fourth-order valence-corrected chi connectivity index (χ4v) is 5.00. The van der Waals surface area contributed by atoms with Crippen molar-refractivity contribution in [3.05, 3.63) is 65.7 Å². The number of carbonyl (C=O) groups excluding carboxylic acids is 1. The maximum absolute atomic E-state index is 13.5. The third-order valence-electron chi connectivity index (χ3n) is 4.98. The van der Waals surface area contributed by atoms with Crippen LogP contribution in [0.1, 0.15) is 6.42 Å². The number of hydrogen-bond acceptors (Lipinski definition) is 6. The van der Waals surface area contributed by atoms with E-state index in [-0.39, 0.29) is 24.9 Å². The quantitative estimate of drug-likeness (QED) is 0.350. The van der Waals surface area contributed by atoms with Crippen LogP contribution in [0.25, 0.3) is 10.2 Å². The number of hydrogen-bond donors (Lipinski definition) is 0. The zero-order valence-corrected chi connectivity index (χ0v) is 20.1. The Morgan fingerprint density at radius 2 is 2.09 bits per heavy atom. The van der Waals surface area contributed by atoms with Gasteiger partial charge in [-0.15, -0.1) is 12.4 Å². The summed E-state index contributed by atoms with van der Waals surface area (Å²) in [5, 5.41) is 0.659. The Balaban J connectivity index is 0.00000245. The number of aryl methyl sites for hydroxylation is 1. The van der Waals surface area contributed by atoms with E-state index in [1.54, 1.807) is 17.4 Å². The summed E-state index contributed by atoms with van der Waals surface area (Å²) in [6.45, 7) is 1.44. The van der Waals surface area contributed by atoms with Gasteiger partial charge in [0.1, 0.15) is 6.61 Å². The van der Waals surface area contributed by atoms with Crippen LogP contribution in [-0.4, -0.2) is 39.7 Å². The van der Waals surface area contributed by atoms with E-state index in [2.05, 4.69) is 20.9 Å². The molecule has 166 valence electrons. The van der Waals surface area contributed by atoms with Crippen molar-refractivity contribution in [2.45, 2.75) is 19.1 Å². The molecular formula is C22H20BrClN4O3S. The summed E-state index contributed by atoms with van der Waals surface area (Å²) in [7, 11) is 0. The van der Waals surface area contributed by atoms with Crippen LogP contribution in [0.3, 0.4) is 0 Å². The van der Waals surface area contributed by atoms with Gasteiger partial charge < -0.3 is 14.0 Å². The number of anilines is 1. The zero-order valence-electron chi connectivity index (χ0n) is 16.9. The van der Waals surface area contributed by atoms with Gasteiger partial charge in [0, 0.05) is 30.0 Å². The molecule has 1 aliphatic heterocycles. The first-order valence-corrected chi connectivity index (χ1v) is 11.5. The highest BCUT2D eigenvalue weighted by Crippen LogP contribution is 2.34. The number of nitrogens with zero attached hydrogens (tertiary/aromatic N) is 4. The van der Waals surface area contributed by atoms with Gasteiger partial charge in [0.15, 0.2) is 16.6 Å². The molecule has 5 rings (SSSR count). The maximum Gasteiger partial charge on any atom is 0.273 e. The van der Waals surface area contributed by atoms with Crippen LogP contribution in [0.4, 0.5) is 5.13 Å². The maximum atomic E-state index is 13.5. The Bertz CT molecular complexity index is 1220. The van der Waals surface area contributed by atoms with Gasteiger partial charge in [-0.3, -0.25) is 9.69 Å². The van der Waals surface area contributed by atoms with Crippen LogP contribution >= 0.6 is 39.7 Å². The minimum atomic E-state index is -0.720. The Kier molecular flexibility index (Phi) is 6.98. The lowest BCUT2D eigenvalue weighted by Gasteiger charge is -2.29. The molecule has 3 heterocycles. The average Bonchev–Trinajstić information content (AvgIpc) is 3.45. The van der Waals surface area contributed by atoms with E-state index in [1.165, 1.54) is 11.3 Å². The molecule has 0 radical (unpaired) electrons. The number of thiazole rings is 1. The van der Waals surface area contributed by atoms with Gasteiger partial charge in [-0.1, -0.05) is 39.4 Å². The second kappa shape index (κ2) is 9.89. The summed E-state index contributed by atoms with van der Waals surface area (Å²) in [4.78, 5) is 24.0. The molecule has 2 aromatic heterocycles. The molecule has 1 amide bonds. The van der Waals surface area contributed by atoms with E-state index in [1.807, 2.05) is 53.2 Å². The normalized spacial score (nSPS) is 14.7. The van der Waals surface area contributed by atoms with Crippen molar-refractivity contribution in [2.24, 2.45) is 0 Å². The topological polar surface area (TPSA) is 69.5 Å². The molecule has 0 saturated carbocycles. The van der Waals surface area contributed by atoms with Crippen molar-refractivity contribution >= 4 is 60.9 Å². The van der Waals surface area contributed by atoms with Gasteiger partial charge in [0.2, 0.25) is 6.10 Å². The second-order valence-corrected chi connectivity index (χ2v) is 9.04. The van der Waals surface area contributed by atoms with E-state index in [0.717, 1.165) is 27.7 Å². The predicted octanol–water partition coefficient (Wildman–Crippen LogP) is 4.94. The molecule has 7 nitrogen and oxygen atoms in total. The van der Waals surface area contributed by atoms with Crippen molar-refractivity contribution in [1.29, 1.82) is 0 Å². The molecule has 10 heteroatoms. The summed E-state index contributed by atoms with van der Waals surface area (Å²) in [6.07, 6.45) is 5.47. The number of halogens is 2. The fraction of sp³-hybridized carbons (Fsp3) is 0.227. The van der Waals surface area contributed by atoms with Crippen LogP contribution < -0.4 is 14.4 Å². The number of para-hydroxylation sites is 2. The highest BCUT2D eigenvalue weighted by atomic mass is 79.9. The molecule has 1 unspecified atom stereocenters. The van der Waals surface area contributed by atoms with Crippen molar-refractivity contribution in [1.82, 2.24) is 14.5 Å². The van der Waals surface area contributed by atoms with Crippen molar-refractivity contribution in [3.63, 3.8) is 0 Å². The van der Waals surface area contributed by atoms with E-state index in [0.29, 0.717) is 23.2 Å². The summed E-state index contributed by atoms with van der Waals surface area (Å²) in [5.74, 6) is 1.08. The molecule has 0 spiro atoms. The number of ether oxygens (including phenoxy) is 2. The fourth-order valence-electron chi connectivity index (χ4n) is 3.45. The third kappa shape index (κ3) is 4.74. The zero-order chi connectivity index (χ0) is 21.2. The highest BCUT2D eigenvalue weighted by molar-refractivity contribution is 9.10. The number of benzene rings is 2. The van der Waals surface area contributed by atoms with Crippen molar-refractivity contribution in [2.75, 3.05) is 18.1 Å². The number of carbonyl (C=O) groups is 1. The van der Waals surface area contributed by atoms with Crippen molar-refractivity contribution in [3.8, 4) is 11.5 Å². The molecule has 0 saturated heterocycles. The second-order valence-electron chi connectivity index (χ2n) is 7.12. The standard InChI is InChI=1S/C22H19BrN4O3S.ClH/c23-15-6-7-16-20(12-15)31-22(25-16)27(10-3-9-26-11-8-24-14-26)21(28)19-13-29-17-4-1-2-5-18(17)30-19;/h1-2,4-8,11-12,14,19H,3,9-10,13H2;1H.